The molecule has 1 fully saturated rings. The van der Waals surface area contributed by atoms with Crippen molar-refractivity contribution in [3.8, 4) is 0 Å². The molecule has 0 aliphatic carbocycles. The maximum Gasteiger partial charge on any atom is 0.191 e. The first-order valence-electron chi connectivity index (χ1n) is 11.3. The molecule has 1 aliphatic heterocycles. The molecule has 0 bridgehead atoms. The van der Waals surface area contributed by atoms with E-state index in [2.05, 4.69) is 72.4 Å². The third-order valence-electron chi connectivity index (χ3n) is 5.59. The SMILES string of the molecule is CCNC(=NCCCCN(CC)CC)NC(C)c1cccc(N2CCCC2)c1.I. The molecule has 0 spiro atoms. The van der Waals surface area contributed by atoms with E-state index in [9.17, 15) is 0 Å². The van der Waals surface area contributed by atoms with Crippen molar-refractivity contribution in [3.63, 3.8) is 0 Å². The second-order valence-corrected chi connectivity index (χ2v) is 7.65. The lowest BCUT2D eigenvalue weighted by Crippen LogP contribution is -2.38. The van der Waals surface area contributed by atoms with E-state index in [1.807, 2.05) is 0 Å². The summed E-state index contributed by atoms with van der Waals surface area (Å²) in [5, 5.41) is 6.98. The molecule has 0 aromatic heterocycles. The Morgan fingerprint density at radius 3 is 2.52 bits per heavy atom. The molecule has 0 saturated carbocycles. The largest absolute Gasteiger partial charge is 0.372 e. The van der Waals surface area contributed by atoms with Crippen molar-refractivity contribution in [1.82, 2.24) is 15.5 Å². The fourth-order valence-electron chi connectivity index (χ4n) is 3.75. The molecular formula is C23H42IN5. The number of anilines is 1. The average Bonchev–Trinajstić information content (AvgIpc) is 3.26. The van der Waals surface area contributed by atoms with Crippen molar-refractivity contribution in [1.29, 1.82) is 0 Å². The Bertz CT molecular complexity index is 582. The number of nitrogens with one attached hydrogen (secondary N) is 2. The fourth-order valence-corrected chi connectivity index (χ4v) is 3.75. The summed E-state index contributed by atoms with van der Waals surface area (Å²) in [6.07, 6.45) is 4.96. The normalized spacial score (nSPS) is 15.3. The lowest BCUT2D eigenvalue weighted by molar-refractivity contribution is 0.297. The van der Waals surface area contributed by atoms with E-state index >= 15 is 0 Å². The molecule has 1 unspecified atom stereocenters. The van der Waals surface area contributed by atoms with Crippen LogP contribution in [0.15, 0.2) is 29.3 Å². The van der Waals surface area contributed by atoms with Gasteiger partial charge >= 0.3 is 0 Å². The van der Waals surface area contributed by atoms with Crippen LogP contribution in [-0.4, -0.2) is 56.7 Å². The van der Waals surface area contributed by atoms with Crippen LogP contribution in [0.25, 0.3) is 0 Å². The predicted octanol–water partition coefficient (Wildman–Crippen LogP) is 4.64. The molecule has 1 aromatic carbocycles. The Balaban J connectivity index is 0.00000420. The van der Waals surface area contributed by atoms with E-state index in [0.29, 0.717) is 0 Å². The molecule has 1 heterocycles. The summed E-state index contributed by atoms with van der Waals surface area (Å²) < 4.78 is 0. The van der Waals surface area contributed by atoms with Gasteiger partial charge in [0, 0.05) is 31.9 Å². The highest BCUT2D eigenvalue weighted by Gasteiger charge is 2.14. The summed E-state index contributed by atoms with van der Waals surface area (Å²) in [4.78, 5) is 9.76. The molecule has 0 radical (unpaired) electrons. The zero-order valence-electron chi connectivity index (χ0n) is 18.9. The van der Waals surface area contributed by atoms with Gasteiger partial charge in [0.05, 0.1) is 6.04 Å². The van der Waals surface area contributed by atoms with Gasteiger partial charge in [0.1, 0.15) is 0 Å². The van der Waals surface area contributed by atoms with Gasteiger partial charge in [-0.15, -0.1) is 24.0 Å². The van der Waals surface area contributed by atoms with Gasteiger partial charge in [-0.05, 0) is 76.9 Å². The molecule has 166 valence electrons. The van der Waals surface area contributed by atoms with Gasteiger partial charge in [-0.3, -0.25) is 4.99 Å². The van der Waals surface area contributed by atoms with Crippen LogP contribution in [0, 0.1) is 0 Å². The van der Waals surface area contributed by atoms with Crippen molar-refractivity contribution >= 4 is 35.6 Å². The van der Waals surface area contributed by atoms with E-state index in [-0.39, 0.29) is 30.0 Å². The maximum atomic E-state index is 4.79. The minimum atomic E-state index is 0. The fraction of sp³-hybridized carbons (Fsp3) is 0.696. The minimum Gasteiger partial charge on any atom is -0.372 e. The van der Waals surface area contributed by atoms with Gasteiger partial charge in [0.15, 0.2) is 5.96 Å². The van der Waals surface area contributed by atoms with E-state index in [4.69, 9.17) is 4.99 Å². The molecule has 1 atom stereocenters. The average molecular weight is 516 g/mol. The number of guanidine groups is 1. The molecular weight excluding hydrogens is 473 g/mol. The third-order valence-corrected chi connectivity index (χ3v) is 5.59. The van der Waals surface area contributed by atoms with Gasteiger partial charge < -0.3 is 20.4 Å². The summed E-state index contributed by atoms with van der Waals surface area (Å²) >= 11 is 0. The predicted molar refractivity (Wildman–Crippen MR) is 138 cm³/mol. The van der Waals surface area contributed by atoms with Gasteiger partial charge in [0.2, 0.25) is 0 Å². The number of hydrogen-bond donors (Lipinski definition) is 2. The lowest BCUT2D eigenvalue weighted by atomic mass is 10.1. The molecule has 2 rings (SSSR count). The van der Waals surface area contributed by atoms with Crippen molar-refractivity contribution in [3.05, 3.63) is 29.8 Å². The standard InChI is InChI=1S/C23H41N5.HI/c1-5-24-23(25-15-8-9-16-27(6-2)7-3)26-20(4)21-13-12-14-22(19-21)28-17-10-11-18-28;/h12-14,19-20H,5-11,15-18H2,1-4H3,(H2,24,25,26);1H. The second kappa shape index (κ2) is 14.9. The number of halogens is 1. The van der Waals surface area contributed by atoms with E-state index in [1.54, 1.807) is 0 Å². The lowest BCUT2D eigenvalue weighted by Gasteiger charge is -2.22. The zero-order chi connectivity index (χ0) is 20.2. The summed E-state index contributed by atoms with van der Waals surface area (Å²) in [6.45, 7) is 16.4. The Kier molecular flexibility index (Phi) is 13.4. The second-order valence-electron chi connectivity index (χ2n) is 7.65. The Morgan fingerprint density at radius 1 is 1.14 bits per heavy atom. The Morgan fingerprint density at radius 2 is 1.86 bits per heavy atom. The summed E-state index contributed by atoms with van der Waals surface area (Å²) in [6, 6.07) is 9.19. The smallest absolute Gasteiger partial charge is 0.191 e. The molecule has 1 aromatic rings. The number of unbranched alkanes of at least 4 members (excludes halogenated alkanes) is 1. The Hall–Kier alpha value is -1.02. The van der Waals surface area contributed by atoms with E-state index in [0.717, 1.165) is 38.6 Å². The number of aliphatic imine (C=N–C) groups is 1. The minimum absolute atomic E-state index is 0. The van der Waals surface area contributed by atoms with E-state index < -0.39 is 0 Å². The van der Waals surface area contributed by atoms with Crippen LogP contribution < -0.4 is 15.5 Å². The van der Waals surface area contributed by atoms with Gasteiger partial charge in [-0.1, -0.05) is 26.0 Å². The van der Waals surface area contributed by atoms with Crippen molar-refractivity contribution in [2.75, 3.05) is 50.7 Å². The number of nitrogens with zero attached hydrogens (tertiary/aromatic N) is 3. The van der Waals surface area contributed by atoms with Gasteiger partial charge in [0.25, 0.3) is 0 Å². The quantitative estimate of drug-likeness (QED) is 0.195. The molecule has 1 saturated heterocycles. The van der Waals surface area contributed by atoms with Crippen LogP contribution in [0.1, 0.15) is 65.0 Å². The topological polar surface area (TPSA) is 42.9 Å². The van der Waals surface area contributed by atoms with Crippen LogP contribution in [0.3, 0.4) is 0 Å². The molecule has 1 aliphatic rings. The first-order chi connectivity index (χ1) is 13.7. The van der Waals surface area contributed by atoms with Crippen LogP contribution in [0.5, 0.6) is 0 Å². The first-order valence-corrected chi connectivity index (χ1v) is 11.3. The third kappa shape index (κ3) is 9.11. The molecule has 0 amide bonds. The number of rotatable bonds is 11. The highest BCUT2D eigenvalue weighted by atomic mass is 127. The molecule has 5 nitrogen and oxygen atoms in total. The number of hydrogen-bond acceptors (Lipinski definition) is 3. The van der Waals surface area contributed by atoms with Crippen LogP contribution >= 0.6 is 24.0 Å². The van der Waals surface area contributed by atoms with Crippen molar-refractivity contribution in [2.45, 2.75) is 59.4 Å². The van der Waals surface area contributed by atoms with Gasteiger partial charge in [-0.2, -0.15) is 0 Å². The zero-order valence-corrected chi connectivity index (χ0v) is 21.2. The Labute approximate surface area is 195 Å². The van der Waals surface area contributed by atoms with Crippen LogP contribution in [0.4, 0.5) is 5.69 Å². The number of benzene rings is 1. The first kappa shape index (κ1) is 26.0. The van der Waals surface area contributed by atoms with Crippen LogP contribution in [0.2, 0.25) is 0 Å². The highest BCUT2D eigenvalue weighted by Crippen LogP contribution is 2.23. The van der Waals surface area contributed by atoms with E-state index in [1.165, 1.54) is 50.1 Å². The summed E-state index contributed by atoms with van der Waals surface area (Å²) in [5.74, 6) is 0.921. The summed E-state index contributed by atoms with van der Waals surface area (Å²) in [5.41, 5.74) is 2.67. The molecule has 6 heteroatoms. The molecule has 29 heavy (non-hydrogen) atoms. The maximum absolute atomic E-state index is 4.79. The van der Waals surface area contributed by atoms with Crippen molar-refractivity contribution in [2.24, 2.45) is 4.99 Å². The summed E-state index contributed by atoms with van der Waals surface area (Å²) in [7, 11) is 0. The highest BCUT2D eigenvalue weighted by molar-refractivity contribution is 14.0. The van der Waals surface area contributed by atoms with Gasteiger partial charge in [-0.25, -0.2) is 0 Å². The molecule has 2 N–H and O–H groups in total. The monoisotopic (exact) mass is 515 g/mol. The van der Waals surface area contributed by atoms with Crippen molar-refractivity contribution < 1.29 is 0 Å². The van der Waals surface area contributed by atoms with Crippen LogP contribution in [-0.2, 0) is 0 Å².